The lowest BCUT2D eigenvalue weighted by Gasteiger charge is -2.20. The third-order valence-corrected chi connectivity index (χ3v) is 5.02. The van der Waals surface area contributed by atoms with Gasteiger partial charge in [0.05, 0.1) is 11.6 Å². The van der Waals surface area contributed by atoms with E-state index in [2.05, 4.69) is 82.9 Å². The number of para-hydroxylation sites is 1. The van der Waals surface area contributed by atoms with Gasteiger partial charge in [-0.2, -0.15) is 5.10 Å². The zero-order chi connectivity index (χ0) is 17.7. The summed E-state index contributed by atoms with van der Waals surface area (Å²) in [5.74, 6) is 0. The van der Waals surface area contributed by atoms with Gasteiger partial charge < -0.3 is 10.2 Å². The predicted molar refractivity (Wildman–Crippen MR) is 105 cm³/mol. The largest absolute Gasteiger partial charge is 0.378 e. The van der Waals surface area contributed by atoms with E-state index in [0.29, 0.717) is 0 Å². The van der Waals surface area contributed by atoms with E-state index < -0.39 is 0 Å². The minimum absolute atomic E-state index is 0.0459. The summed E-state index contributed by atoms with van der Waals surface area (Å²) < 4.78 is 1.92. The molecule has 0 amide bonds. The second-order valence-electron chi connectivity index (χ2n) is 6.78. The average molecular weight is 341 g/mol. The zero-order valence-corrected chi connectivity index (χ0v) is 14.7. The van der Waals surface area contributed by atoms with Crippen molar-refractivity contribution in [1.82, 2.24) is 14.6 Å². The Kier molecular flexibility index (Phi) is 3.22. The van der Waals surface area contributed by atoms with E-state index >= 15 is 0 Å². The number of anilines is 2. The fourth-order valence-corrected chi connectivity index (χ4v) is 3.69. The van der Waals surface area contributed by atoms with Gasteiger partial charge in [-0.25, -0.2) is 9.50 Å². The molecule has 2 aromatic carbocycles. The summed E-state index contributed by atoms with van der Waals surface area (Å²) in [6.45, 7) is 0. The maximum Gasteiger partial charge on any atom is 0.137 e. The van der Waals surface area contributed by atoms with Crippen LogP contribution >= 0.6 is 0 Å². The molecule has 1 atom stereocenters. The van der Waals surface area contributed by atoms with Crippen LogP contribution in [0.15, 0.2) is 67.1 Å². The SMILES string of the molecule is CN(C)c1ccc(C2Nc3ccccc3-c3ncnn4ccc2c34)cc1. The van der Waals surface area contributed by atoms with Crippen LogP contribution in [0.5, 0.6) is 0 Å². The molecular formula is C21H19N5. The highest BCUT2D eigenvalue weighted by Crippen LogP contribution is 2.41. The number of hydrogen-bond donors (Lipinski definition) is 1. The molecule has 0 spiro atoms. The lowest BCUT2D eigenvalue weighted by molar-refractivity contribution is 0.899. The molecule has 5 nitrogen and oxygen atoms in total. The second-order valence-corrected chi connectivity index (χ2v) is 6.78. The number of aromatic nitrogens is 3. The minimum Gasteiger partial charge on any atom is -0.378 e. The summed E-state index contributed by atoms with van der Waals surface area (Å²) in [4.78, 5) is 6.71. The number of nitrogens with zero attached hydrogens (tertiary/aromatic N) is 4. The van der Waals surface area contributed by atoms with Crippen molar-refractivity contribution in [3.63, 3.8) is 0 Å². The van der Waals surface area contributed by atoms with E-state index in [1.807, 2.05) is 16.8 Å². The highest BCUT2D eigenvalue weighted by Gasteiger charge is 2.26. The number of hydrogen-bond acceptors (Lipinski definition) is 4. The van der Waals surface area contributed by atoms with Crippen molar-refractivity contribution < 1.29 is 0 Å². The van der Waals surface area contributed by atoms with Crippen molar-refractivity contribution >= 4 is 16.9 Å². The normalized spacial score (nSPS) is 15.2. The Balaban J connectivity index is 1.74. The maximum atomic E-state index is 4.60. The monoisotopic (exact) mass is 341 g/mol. The van der Waals surface area contributed by atoms with Crippen molar-refractivity contribution in [2.45, 2.75) is 6.04 Å². The molecule has 0 fully saturated rings. The molecule has 1 aliphatic heterocycles. The average Bonchev–Trinajstić information content (AvgIpc) is 3.04. The molecule has 0 saturated carbocycles. The molecule has 1 unspecified atom stereocenters. The molecule has 0 radical (unpaired) electrons. The molecule has 3 heterocycles. The summed E-state index contributed by atoms with van der Waals surface area (Å²) in [5.41, 5.74) is 7.82. The Labute approximate surface area is 151 Å². The van der Waals surface area contributed by atoms with Crippen molar-refractivity contribution in [2.24, 2.45) is 0 Å². The van der Waals surface area contributed by atoms with Crippen molar-refractivity contribution in [2.75, 3.05) is 24.3 Å². The summed E-state index contributed by atoms with van der Waals surface area (Å²) in [6.07, 6.45) is 3.63. The van der Waals surface area contributed by atoms with Crippen LogP contribution in [0, 0.1) is 0 Å². The predicted octanol–water partition coefficient (Wildman–Crippen LogP) is 3.98. The summed E-state index contributed by atoms with van der Waals surface area (Å²) >= 11 is 0. The lowest BCUT2D eigenvalue weighted by atomic mass is 9.99. The van der Waals surface area contributed by atoms with Gasteiger partial charge in [0.2, 0.25) is 0 Å². The molecule has 1 aliphatic rings. The number of fused-ring (bicyclic) bond motifs is 2. The Morgan fingerprint density at radius 2 is 1.81 bits per heavy atom. The van der Waals surface area contributed by atoms with Gasteiger partial charge >= 0.3 is 0 Å². The van der Waals surface area contributed by atoms with E-state index in [4.69, 9.17) is 0 Å². The molecule has 0 aliphatic carbocycles. The molecule has 1 N–H and O–H groups in total. The van der Waals surface area contributed by atoms with Gasteiger partial charge in [0, 0.05) is 42.8 Å². The van der Waals surface area contributed by atoms with Crippen molar-refractivity contribution in [3.8, 4) is 11.3 Å². The summed E-state index contributed by atoms with van der Waals surface area (Å²) in [6, 6.07) is 19.2. The fourth-order valence-electron chi connectivity index (χ4n) is 3.69. The number of nitrogens with one attached hydrogen (secondary N) is 1. The fraction of sp³-hybridized carbons (Fsp3) is 0.143. The van der Waals surface area contributed by atoms with Gasteiger partial charge in [-0.1, -0.05) is 30.3 Å². The quantitative estimate of drug-likeness (QED) is 0.599. The lowest BCUT2D eigenvalue weighted by Crippen LogP contribution is -2.12. The van der Waals surface area contributed by atoms with Crippen molar-refractivity contribution in [3.05, 3.63) is 78.2 Å². The Bertz CT molecular complexity index is 1100. The molecular weight excluding hydrogens is 322 g/mol. The zero-order valence-electron chi connectivity index (χ0n) is 14.7. The van der Waals surface area contributed by atoms with E-state index in [1.165, 1.54) is 16.8 Å². The molecule has 4 aromatic rings. The van der Waals surface area contributed by atoms with E-state index in [9.17, 15) is 0 Å². The Morgan fingerprint density at radius 3 is 2.62 bits per heavy atom. The first kappa shape index (κ1) is 15.0. The first-order valence-corrected chi connectivity index (χ1v) is 8.68. The van der Waals surface area contributed by atoms with Gasteiger partial charge in [0.1, 0.15) is 12.0 Å². The molecule has 5 rings (SSSR count). The van der Waals surface area contributed by atoms with Gasteiger partial charge in [-0.05, 0) is 29.8 Å². The Hall–Kier alpha value is -3.34. The van der Waals surface area contributed by atoms with Crippen LogP contribution in [0.2, 0.25) is 0 Å². The van der Waals surface area contributed by atoms with Gasteiger partial charge in [0.15, 0.2) is 0 Å². The number of rotatable bonds is 2. The molecule has 2 aromatic heterocycles. The van der Waals surface area contributed by atoms with Crippen molar-refractivity contribution in [1.29, 1.82) is 0 Å². The summed E-state index contributed by atoms with van der Waals surface area (Å²) in [5, 5.41) is 8.12. The van der Waals surface area contributed by atoms with Crippen LogP contribution in [0.1, 0.15) is 17.2 Å². The van der Waals surface area contributed by atoms with Crippen LogP contribution in [-0.4, -0.2) is 28.7 Å². The standard InChI is InChI=1S/C21H19N5/c1-25(2)15-9-7-14(8-10-15)19-17-11-12-26-21(17)20(22-13-23-26)16-5-3-4-6-18(16)24-19/h3-13,19,24H,1-2H3. The van der Waals surface area contributed by atoms with Gasteiger partial charge in [0.25, 0.3) is 0 Å². The highest BCUT2D eigenvalue weighted by atomic mass is 15.2. The van der Waals surface area contributed by atoms with E-state index in [1.54, 1.807) is 6.33 Å². The maximum absolute atomic E-state index is 4.60. The molecule has 0 bridgehead atoms. The molecule has 128 valence electrons. The van der Waals surface area contributed by atoms with E-state index in [0.717, 1.165) is 22.5 Å². The minimum atomic E-state index is 0.0459. The second kappa shape index (κ2) is 5.59. The smallest absolute Gasteiger partial charge is 0.137 e. The third kappa shape index (κ3) is 2.17. The van der Waals surface area contributed by atoms with Gasteiger partial charge in [-0.3, -0.25) is 0 Å². The van der Waals surface area contributed by atoms with Crippen LogP contribution in [0.4, 0.5) is 11.4 Å². The third-order valence-electron chi connectivity index (χ3n) is 5.02. The van der Waals surface area contributed by atoms with Gasteiger partial charge in [-0.15, -0.1) is 0 Å². The topological polar surface area (TPSA) is 45.5 Å². The van der Waals surface area contributed by atoms with Crippen LogP contribution in [-0.2, 0) is 0 Å². The highest BCUT2D eigenvalue weighted by molar-refractivity contribution is 5.90. The molecule has 5 heteroatoms. The summed E-state index contributed by atoms with van der Waals surface area (Å²) in [7, 11) is 4.11. The Morgan fingerprint density at radius 1 is 1.00 bits per heavy atom. The molecule has 0 saturated heterocycles. The first-order valence-electron chi connectivity index (χ1n) is 8.68. The van der Waals surface area contributed by atoms with Crippen LogP contribution < -0.4 is 10.2 Å². The van der Waals surface area contributed by atoms with Crippen LogP contribution in [0.3, 0.4) is 0 Å². The molecule has 26 heavy (non-hydrogen) atoms. The van der Waals surface area contributed by atoms with E-state index in [-0.39, 0.29) is 6.04 Å². The van der Waals surface area contributed by atoms with Crippen LogP contribution in [0.25, 0.3) is 16.8 Å². The first-order chi connectivity index (χ1) is 12.7. The number of benzene rings is 2.